The number of nitrogens with two attached hydrogens (primary N) is 1. The minimum absolute atomic E-state index is 0. The first kappa shape index (κ1) is 33.8. The number of nitrogens with zero attached hydrogens (tertiary/aromatic N) is 6. The van der Waals surface area contributed by atoms with Crippen molar-refractivity contribution in [1.29, 1.82) is 5.26 Å². The number of aromatic nitrogens is 3. The van der Waals surface area contributed by atoms with Crippen LogP contribution in [0.25, 0.3) is 22.2 Å². The van der Waals surface area contributed by atoms with Crippen LogP contribution in [0.15, 0.2) is 12.3 Å². The van der Waals surface area contributed by atoms with E-state index < -0.39 is 46.5 Å². The Balaban J connectivity index is 0.00000417. The van der Waals surface area contributed by atoms with E-state index in [0.717, 1.165) is 25.5 Å². The summed E-state index contributed by atoms with van der Waals surface area (Å²) in [4.78, 5) is 17.3. The van der Waals surface area contributed by atoms with Crippen molar-refractivity contribution in [2.75, 3.05) is 57.1 Å². The normalized spacial score (nSPS) is 24.9. The van der Waals surface area contributed by atoms with Crippen LogP contribution in [-0.2, 0) is 6.18 Å². The van der Waals surface area contributed by atoms with E-state index in [2.05, 4.69) is 25.2 Å². The second kappa shape index (κ2) is 12.6. The third-order valence-corrected chi connectivity index (χ3v) is 9.54. The minimum Gasteiger partial charge on any atom is -0.463 e. The zero-order valence-electron chi connectivity index (χ0n) is 25.7. The number of alkyl halides is 4. The van der Waals surface area contributed by atoms with Gasteiger partial charge in [0, 0.05) is 48.9 Å². The molecule has 3 aromatic rings. The first-order valence-corrected chi connectivity index (χ1v) is 15.0. The maximum absolute atomic E-state index is 16.6. The molecular formula is C31H36ClF5N8O. The highest BCUT2D eigenvalue weighted by molar-refractivity contribution is 5.93. The number of rotatable bonds is 6. The van der Waals surface area contributed by atoms with Crippen molar-refractivity contribution in [2.45, 2.75) is 51.4 Å². The predicted molar refractivity (Wildman–Crippen MR) is 166 cm³/mol. The monoisotopic (exact) mass is 666 g/mol. The van der Waals surface area contributed by atoms with E-state index in [0.29, 0.717) is 31.9 Å². The van der Waals surface area contributed by atoms with Crippen molar-refractivity contribution in [2.24, 2.45) is 11.3 Å². The van der Waals surface area contributed by atoms with E-state index in [9.17, 15) is 22.8 Å². The van der Waals surface area contributed by atoms with Gasteiger partial charge in [0.2, 0.25) is 0 Å². The van der Waals surface area contributed by atoms with Gasteiger partial charge in [-0.15, -0.1) is 12.4 Å². The van der Waals surface area contributed by atoms with Gasteiger partial charge in [-0.1, -0.05) is 6.92 Å². The van der Waals surface area contributed by atoms with Gasteiger partial charge in [0.1, 0.15) is 23.1 Å². The summed E-state index contributed by atoms with van der Waals surface area (Å²) in [5, 5.41) is 13.5. The number of piperidine rings is 1. The van der Waals surface area contributed by atoms with E-state index in [1.54, 1.807) is 6.07 Å². The molecule has 3 aliphatic heterocycles. The highest BCUT2D eigenvalue weighted by Gasteiger charge is 2.41. The number of fused-ring (bicyclic) bond motifs is 3. The molecule has 46 heavy (non-hydrogen) atoms. The minimum atomic E-state index is -4.93. The summed E-state index contributed by atoms with van der Waals surface area (Å²) in [6.07, 6.45) is -1.11. The molecule has 5 heterocycles. The number of nitriles is 1. The van der Waals surface area contributed by atoms with Crippen molar-refractivity contribution in [3.8, 4) is 23.3 Å². The Morgan fingerprint density at radius 2 is 1.89 bits per heavy atom. The van der Waals surface area contributed by atoms with Gasteiger partial charge in [0.15, 0.2) is 5.82 Å². The molecule has 248 valence electrons. The van der Waals surface area contributed by atoms with E-state index in [4.69, 9.17) is 10.5 Å². The summed E-state index contributed by atoms with van der Waals surface area (Å²) in [6.45, 7) is 5.11. The van der Waals surface area contributed by atoms with E-state index in [1.807, 2.05) is 18.9 Å². The zero-order valence-corrected chi connectivity index (χ0v) is 26.5. The molecule has 0 saturated carbocycles. The first-order valence-electron chi connectivity index (χ1n) is 15.0. The van der Waals surface area contributed by atoms with Crippen LogP contribution in [0.3, 0.4) is 0 Å². The zero-order chi connectivity index (χ0) is 32.3. The number of hydrogen-bond acceptors (Lipinski definition) is 9. The summed E-state index contributed by atoms with van der Waals surface area (Å²) in [5.74, 6) is -1.07. The lowest BCUT2D eigenvalue weighted by Gasteiger charge is -2.43. The van der Waals surface area contributed by atoms with Crippen LogP contribution in [-0.4, -0.2) is 78.4 Å². The Hall–Kier alpha value is -3.54. The van der Waals surface area contributed by atoms with E-state index in [-0.39, 0.29) is 65.2 Å². The van der Waals surface area contributed by atoms with Gasteiger partial charge in [-0.05, 0) is 57.3 Å². The predicted octanol–water partition coefficient (Wildman–Crippen LogP) is 5.28. The molecule has 2 bridgehead atoms. The molecule has 6 rings (SSSR count). The van der Waals surface area contributed by atoms with Crippen molar-refractivity contribution in [3.63, 3.8) is 0 Å². The molecule has 0 radical (unpaired) electrons. The van der Waals surface area contributed by atoms with Crippen LogP contribution in [0, 0.1) is 35.4 Å². The average molecular weight is 667 g/mol. The largest absolute Gasteiger partial charge is 0.463 e. The quantitative estimate of drug-likeness (QED) is 0.268. The standard InChI is InChI=1S/C31H35F5N8O.ClH/c1-16-8-22(38)20(10-37)23(24(16)31(34,35)36)27-25(33)26-21(11-39-27)28(44-12-18-4-5-19(13-44)40-18)42-29(41-26)45-15-30(2)14-43(3)7-6-17(30)9-32;/h8,11,17-19,40H,4-7,9,12-15,38H2,1-3H3;1H/t17-,18-,19+,30+;/m1./s1. The Morgan fingerprint density at radius 3 is 2.52 bits per heavy atom. The summed E-state index contributed by atoms with van der Waals surface area (Å²) < 4.78 is 79.8. The molecule has 2 aromatic heterocycles. The number of pyridine rings is 1. The lowest BCUT2D eigenvalue weighted by molar-refractivity contribution is -0.137. The summed E-state index contributed by atoms with van der Waals surface area (Å²) in [7, 11) is 1.95. The van der Waals surface area contributed by atoms with E-state index >= 15 is 4.39 Å². The number of halogens is 6. The van der Waals surface area contributed by atoms with Crippen molar-refractivity contribution in [3.05, 3.63) is 34.8 Å². The molecule has 1 aromatic carbocycles. The fraction of sp³-hybridized carbons (Fsp3) is 0.548. The molecular weight excluding hydrogens is 631 g/mol. The van der Waals surface area contributed by atoms with Crippen LogP contribution in [0.2, 0.25) is 0 Å². The van der Waals surface area contributed by atoms with Gasteiger partial charge in [0.05, 0.1) is 35.5 Å². The fourth-order valence-corrected chi connectivity index (χ4v) is 7.24. The fourth-order valence-electron chi connectivity index (χ4n) is 7.24. The molecule has 9 nitrogen and oxygen atoms in total. The Labute approximate surface area is 269 Å². The number of hydrogen-bond donors (Lipinski definition) is 2. The smallest absolute Gasteiger partial charge is 0.417 e. The van der Waals surface area contributed by atoms with Gasteiger partial charge in [-0.2, -0.15) is 28.4 Å². The van der Waals surface area contributed by atoms with Gasteiger partial charge in [-0.25, -0.2) is 4.39 Å². The molecule has 4 atom stereocenters. The number of anilines is 2. The Morgan fingerprint density at radius 1 is 1.20 bits per heavy atom. The van der Waals surface area contributed by atoms with Crippen LogP contribution in [0.1, 0.15) is 42.9 Å². The molecule has 3 N–H and O–H groups in total. The second-order valence-corrected chi connectivity index (χ2v) is 12.9. The van der Waals surface area contributed by atoms with Gasteiger partial charge in [0.25, 0.3) is 0 Å². The molecule has 3 fully saturated rings. The SMILES string of the molecule is Cc1cc(N)c(C#N)c(-c2ncc3c(N4C[C@H]5CC[C@@H](C4)N5)nc(OC[C@]4(C)CN(C)CC[C@@H]4CF)nc3c2F)c1C(F)(F)F.Cl. The molecule has 15 heteroatoms. The summed E-state index contributed by atoms with van der Waals surface area (Å²) >= 11 is 0. The van der Waals surface area contributed by atoms with Crippen molar-refractivity contribution < 1.29 is 26.7 Å². The van der Waals surface area contributed by atoms with Gasteiger partial charge < -0.3 is 25.6 Å². The summed E-state index contributed by atoms with van der Waals surface area (Å²) in [6, 6.07) is 2.96. The van der Waals surface area contributed by atoms with Crippen molar-refractivity contribution in [1.82, 2.24) is 25.2 Å². The molecule has 0 spiro atoms. The molecule has 0 amide bonds. The third kappa shape index (κ3) is 6.00. The average Bonchev–Trinajstić information content (AvgIpc) is 3.32. The maximum Gasteiger partial charge on any atom is 0.417 e. The number of likely N-dealkylation sites (tertiary alicyclic amines) is 1. The molecule has 3 aliphatic rings. The van der Waals surface area contributed by atoms with Crippen LogP contribution in [0.4, 0.5) is 33.5 Å². The van der Waals surface area contributed by atoms with Crippen LogP contribution < -0.4 is 20.7 Å². The third-order valence-electron chi connectivity index (χ3n) is 9.54. The highest BCUT2D eigenvalue weighted by atomic mass is 35.5. The van der Waals surface area contributed by atoms with Crippen LogP contribution in [0.5, 0.6) is 6.01 Å². The highest BCUT2D eigenvalue weighted by Crippen LogP contribution is 2.44. The number of nitrogen functional groups attached to an aromatic ring is 1. The number of benzene rings is 1. The molecule has 3 saturated heterocycles. The number of nitrogens with one attached hydrogen (secondary N) is 1. The topological polar surface area (TPSA) is 116 Å². The Kier molecular flexibility index (Phi) is 9.24. The van der Waals surface area contributed by atoms with Crippen LogP contribution >= 0.6 is 12.4 Å². The summed E-state index contributed by atoms with van der Waals surface area (Å²) in [5.41, 5.74) is 1.40. The van der Waals surface area contributed by atoms with E-state index in [1.165, 1.54) is 13.1 Å². The number of piperazine rings is 1. The second-order valence-electron chi connectivity index (χ2n) is 12.9. The van der Waals surface area contributed by atoms with Gasteiger partial charge in [-0.3, -0.25) is 9.37 Å². The molecule has 0 aliphatic carbocycles. The lowest BCUT2D eigenvalue weighted by atomic mass is 9.73. The first-order chi connectivity index (χ1) is 21.3. The van der Waals surface area contributed by atoms with Crippen molar-refractivity contribution >= 4 is 34.8 Å². The maximum atomic E-state index is 16.6. The van der Waals surface area contributed by atoms with Gasteiger partial charge >= 0.3 is 12.2 Å². The number of aryl methyl sites for hydroxylation is 1. The Bertz CT molecular complexity index is 1670. The molecule has 0 unspecified atom stereocenters. The lowest BCUT2D eigenvalue weighted by Crippen LogP contribution is -2.51. The number of ether oxygens (including phenoxy) is 1.